The second-order valence-electron chi connectivity index (χ2n) is 6.64. The van der Waals surface area contributed by atoms with Gasteiger partial charge in [0.05, 0.1) is 4.91 Å². The molecule has 0 atom stereocenters. The van der Waals surface area contributed by atoms with Crippen LogP contribution < -0.4 is 9.47 Å². The molecule has 2 saturated heterocycles. The van der Waals surface area contributed by atoms with Crippen molar-refractivity contribution in [2.24, 2.45) is 0 Å². The molecule has 4 rings (SSSR count). The Morgan fingerprint density at radius 2 is 1.96 bits per heavy atom. The third kappa shape index (κ3) is 3.96. The van der Waals surface area contributed by atoms with Crippen molar-refractivity contribution in [3.05, 3.63) is 28.7 Å². The maximum Gasteiger partial charge on any atom is 0.266 e. The van der Waals surface area contributed by atoms with E-state index in [2.05, 4.69) is 0 Å². The number of amides is 2. The molecule has 0 saturated carbocycles. The molecule has 8 heteroatoms. The van der Waals surface area contributed by atoms with Gasteiger partial charge in [-0.25, -0.2) is 0 Å². The second kappa shape index (κ2) is 7.90. The second-order valence-corrected chi connectivity index (χ2v) is 8.31. The van der Waals surface area contributed by atoms with Gasteiger partial charge in [0, 0.05) is 26.1 Å². The lowest BCUT2D eigenvalue weighted by Crippen LogP contribution is -2.38. The van der Waals surface area contributed by atoms with Gasteiger partial charge in [0.1, 0.15) is 4.32 Å². The van der Waals surface area contributed by atoms with Crippen molar-refractivity contribution >= 4 is 46.2 Å². The first kappa shape index (κ1) is 18.3. The average molecular weight is 405 g/mol. The first-order valence-electron chi connectivity index (χ1n) is 9.04. The summed E-state index contributed by atoms with van der Waals surface area (Å²) in [5.41, 5.74) is 0.851. The minimum Gasteiger partial charge on any atom is -0.454 e. The molecule has 3 aliphatic heterocycles. The molecule has 2 fully saturated rings. The third-order valence-electron chi connectivity index (χ3n) is 4.83. The lowest BCUT2D eigenvalue weighted by molar-refractivity contribution is -0.132. The van der Waals surface area contributed by atoms with Gasteiger partial charge in [-0.05, 0) is 43.0 Å². The summed E-state index contributed by atoms with van der Waals surface area (Å²) in [5, 5.41) is 0. The number of hydrogen-bond acceptors (Lipinski definition) is 6. The number of thioether (sulfide) groups is 1. The summed E-state index contributed by atoms with van der Waals surface area (Å²) in [5.74, 6) is 1.33. The van der Waals surface area contributed by atoms with E-state index in [9.17, 15) is 9.59 Å². The fourth-order valence-corrected chi connectivity index (χ4v) is 4.66. The van der Waals surface area contributed by atoms with Crippen molar-refractivity contribution < 1.29 is 19.1 Å². The van der Waals surface area contributed by atoms with Crippen LogP contribution in [0.25, 0.3) is 6.08 Å². The van der Waals surface area contributed by atoms with Gasteiger partial charge in [-0.1, -0.05) is 30.0 Å². The number of piperidine rings is 1. The predicted molar refractivity (Wildman–Crippen MR) is 107 cm³/mol. The van der Waals surface area contributed by atoms with Crippen LogP contribution in [0.2, 0.25) is 0 Å². The van der Waals surface area contributed by atoms with E-state index >= 15 is 0 Å². The Hall–Kier alpha value is -2.06. The van der Waals surface area contributed by atoms with E-state index in [4.69, 9.17) is 21.7 Å². The summed E-state index contributed by atoms with van der Waals surface area (Å²) >= 11 is 6.63. The van der Waals surface area contributed by atoms with E-state index in [0.717, 1.165) is 31.5 Å². The number of ether oxygens (including phenoxy) is 2. The van der Waals surface area contributed by atoms with Crippen molar-refractivity contribution in [2.45, 2.75) is 25.7 Å². The third-order valence-corrected chi connectivity index (χ3v) is 6.20. The first-order chi connectivity index (χ1) is 13.1. The Balaban J connectivity index is 1.40. The number of nitrogens with zero attached hydrogens (tertiary/aromatic N) is 2. The highest BCUT2D eigenvalue weighted by atomic mass is 32.2. The Bertz CT molecular complexity index is 818. The topological polar surface area (TPSA) is 59.1 Å². The van der Waals surface area contributed by atoms with Crippen LogP contribution in [0.3, 0.4) is 0 Å². The van der Waals surface area contributed by atoms with Crippen LogP contribution in [-0.4, -0.2) is 52.4 Å². The predicted octanol–water partition coefficient (Wildman–Crippen LogP) is 3.02. The molecule has 6 nitrogen and oxygen atoms in total. The van der Waals surface area contributed by atoms with Gasteiger partial charge < -0.3 is 14.4 Å². The zero-order valence-electron chi connectivity index (χ0n) is 14.8. The summed E-state index contributed by atoms with van der Waals surface area (Å²) in [6.45, 7) is 2.19. The number of hydrogen-bond donors (Lipinski definition) is 0. The molecule has 3 aliphatic rings. The van der Waals surface area contributed by atoms with E-state index in [1.165, 1.54) is 23.1 Å². The average Bonchev–Trinajstić information content (AvgIpc) is 3.25. The lowest BCUT2D eigenvalue weighted by atomic mass is 10.1. The maximum absolute atomic E-state index is 12.7. The molecule has 3 heterocycles. The fraction of sp³-hybridized carbons (Fsp3) is 0.421. The Labute approximate surface area is 167 Å². The van der Waals surface area contributed by atoms with Gasteiger partial charge in [0.25, 0.3) is 5.91 Å². The fourth-order valence-electron chi connectivity index (χ4n) is 3.36. The molecular formula is C19H20N2O4S2. The van der Waals surface area contributed by atoms with Gasteiger partial charge >= 0.3 is 0 Å². The summed E-state index contributed by atoms with van der Waals surface area (Å²) in [6.07, 6.45) is 5.41. The van der Waals surface area contributed by atoms with Crippen molar-refractivity contribution in [1.82, 2.24) is 9.80 Å². The molecule has 142 valence electrons. The highest BCUT2D eigenvalue weighted by molar-refractivity contribution is 8.26. The van der Waals surface area contributed by atoms with Gasteiger partial charge in [-0.15, -0.1) is 0 Å². The van der Waals surface area contributed by atoms with Crippen LogP contribution in [0.1, 0.15) is 31.2 Å². The number of carbonyl (C=O) groups is 2. The monoisotopic (exact) mass is 404 g/mol. The molecular weight excluding hydrogens is 384 g/mol. The Kier molecular flexibility index (Phi) is 5.36. The van der Waals surface area contributed by atoms with Crippen molar-refractivity contribution in [3.8, 4) is 11.5 Å². The molecule has 0 aromatic heterocycles. The number of thiocarbonyl (C=S) groups is 1. The summed E-state index contributed by atoms with van der Waals surface area (Å²) in [4.78, 5) is 29.0. The number of fused-ring (bicyclic) bond motifs is 1. The van der Waals surface area contributed by atoms with Crippen LogP contribution in [0, 0.1) is 0 Å². The zero-order chi connectivity index (χ0) is 18.8. The molecule has 0 spiro atoms. The highest BCUT2D eigenvalue weighted by Crippen LogP contribution is 2.36. The van der Waals surface area contributed by atoms with Crippen LogP contribution in [0.5, 0.6) is 11.5 Å². The van der Waals surface area contributed by atoms with Gasteiger partial charge in [0.2, 0.25) is 12.7 Å². The Morgan fingerprint density at radius 3 is 2.78 bits per heavy atom. The molecule has 1 aromatic carbocycles. The normalized spacial score (nSPS) is 20.7. The number of likely N-dealkylation sites (tertiary alicyclic amines) is 1. The molecule has 0 unspecified atom stereocenters. The van der Waals surface area contributed by atoms with E-state index < -0.39 is 0 Å². The van der Waals surface area contributed by atoms with E-state index in [1.54, 1.807) is 6.08 Å². The van der Waals surface area contributed by atoms with Crippen LogP contribution in [-0.2, 0) is 9.59 Å². The smallest absolute Gasteiger partial charge is 0.266 e. The summed E-state index contributed by atoms with van der Waals surface area (Å²) < 4.78 is 11.2. The SMILES string of the molecule is O=C(CCN1C(=O)/C(=C/c2ccc3c(c2)OCO3)SC1=S)N1CCCCC1. The van der Waals surface area contributed by atoms with Crippen LogP contribution >= 0.6 is 24.0 Å². The van der Waals surface area contributed by atoms with Crippen molar-refractivity contribution in [2.75, 3.05) is 26.4 Å². The Morgan fingerprint density at radius 1 is 1.19 bits per heavy atom. The number of benzene rings is 1. The van der Waals surface area contributed by atoms with Crippen molar-refractivity contribution in [1.29, 1.82) is 0 Å². The lowest BCUT2D eigenvalue weighted by Gasteiger charge is -2.27. The summed E-state index contributed by atoms with van der Waals surface area (Å²) in [7, 11) is 0. The first-order valence-corrected chi connectivity index (χ1v) is 10.3. The number of rotatable bonds is 4. The van der Waals surface area contributed by atoms with E-state index in [-0.39, 0.29) is 18.6 Å². The van der Waals surface area contributed by atoms with Crippen LogP contribution in [0.4, 0.5) is 0 Å². The number of carbonyl (C=O) groups excluding carboxylic acids is 2. The minimum atomic E-state index is -0.144. The summed E-state index contributed by atoms with van der Waals surface area (Å²) in [6, 6.07) is 5.54. The molecule has 0 radical (unpaired) electrons. The largest absolute Gasteiger partial charge is 0.454 e. The molecule has 2 amide bonds. The standard InChI is InChI=1S/C19H20N2O4S2/c22-17(20-7-2-1-3-8-20)6-9-21-18(23)16(27-19(21)26)11-13-4-5-14-15(10-13)25-12-24-14/h4-5,10-11H,1-3,6-9,12H2/b16-11-. The van der Waals surface area contributed by atoms with Gasteiger partial charge in [0.15, 0.2) is 11.5 Å². The highest BCUT2D eigenvalue weighted by Gasteiger charge is 2.32. The quantitative estimate of drug-likeness (QED) is 0.568. The molecule has 0 N–H and O–H groups in total. The van der Waals surface area contributed by atoms with E-state index in [1.807, 2.05) is 23.1 Å². The minimum absolute atomic E-state index is 0.100. The molecule has 27 heavy (non-hydrogen) atoms. The van der Waals surface area contributed by atoms with Gasteiger partial charge in [-0.2, -0.15) is 0 Å². The molecule has 1 aromatic rings. The van der Waals surface area contributed by atoms with E-state index in [0.29, 0.717) is 33.7 Å². The zero-order valence-corrected chi connectivity index (χ0v) is 16.4. The van der Waals surface area contributed by atoms with Gasteiger partial charge in [-0.3, -0.25) is 14.5 Å². The molecule has 0 aliphatic carbocycles. The van der Waals surface area contributed by atoms with Crippen LogP contribution in [0.15, 0.2) is 23.1 Å². The van der Waals surface area contributed by atoms with Crippen molar-refractivity contribution in [3.63, 3.8) is 0 Å². The maximum atomic E-state index is 12.7. The molecule has 0 bridgehead atoms.